The molecule has 1 aliphatic heterocycles. The zero-order valence-corrected chi connectivity index (χ0v) is 14.7. The molecule has 0 aromatic carbocycles. The third kappa shape index (κ3) is 2.99. The van der Waals surface area contributed by atoms with Crippen molar-refractivity contribution in [1.29, 1.82) is 0 Å². The van der Waals surface area contributed by atoms with Gasteiger partial charge in [-0.3, -0.25) is 4.18 Å². The first-order valence-electron chi connectivity index (χ1n) is 6.79. The van der Waals surface area contributed by atoms with E-state index in [2.05, 4.69) is 16.3 Å². The fourth-order valence-electron chi connectivity index (χ4n) is 2.63. The van der Waals surface area contributed by atoms with Gasteiger partial charge >= 0.3 is 15.6 Å². The summed E-state index contributed by atoms with van der Waals surface area (Å²) in [5.74, 6) is 0. The Kier molecular flexibility index (Phi) is 4.19. The van der Waals surface area contributed by atoms with Gasteiger partial charge in [0.05, 0.1) is 6.61 Å². The molecule has 1 aliphatic carbocycles. The highest BCUT2D eigenvalue weighted by Gasteiger charge is 2.47. The van der Waals surface area contributed by atoms with Crippen LogP contribution in [0.2, 0.25) is 0 Å². The van der Waals surface area contributed by atoms with E-state index >= 15 is 0 Å². The molecule has 0 bridgehead atoms. The van der Waals surface area contributed by atoms with E-state index in [1.54, 1.807) is 23.1 Å². The number of allylic oxidation sites excluding steroid dienone is 1. The molecular formula is C14H13F3O3S3. The molecule has 0 saturated heterocycles. The van der Waals surface area contributed by atoms with Gasteiger partial charge in [-0.15, -0.1) is 23.1 Å². The molecule has 23 heavy (non-hydrogen) atoms. The van der Waals surface area contributed by atoms with Gasteiger partial charge in [0, 0.05) is 25.5 Å². The van der Waals surface area contributed by atoms with Crippen LogP contribution in [0.3, 0.4) is 0 Å². The molecule has 2 heterocycles. The van der Waals surface area contributed by atoms with Gasteiger partial charge in [-0.05, 0) is 37.5 Å². The molecule has 1 unspecified atom stereocenters. The first-order chi connectivity index (χ1) is 10.6. The Morgan fingerprint density at radius 3 is 2.70 bits per heavy atom. The Labute approximate surface area is 140 Å². The van der Waals surface area contributed by atoms with Crippen molar-refractivity contribution < 1.29 is 25.8 Å². The van der Waals surface area contributed by atoms with Crippen LogP contribution in [0.1, 0.15) is 28.7 Å². The van der Waals surface area contributed by atoms with Crippen LogP contribution in [0, 0.1) is 6.92 Å². The van der Waals surface area contributed by atoms with Crippen molar-refractivity contribution in [2.24, 2.45) is 0 Å². The molecule has 1 atom stereocenters. The Hall–Kier alpha value is -0.770. The second-order valence-corrected chi connectivity index (χ2v) is 9.53. The monoisotopic (exact) mass is 382 g/mol. The Morgan fingerprint density at radius 2 is 2.04 bits per heavy atom. The molecule has 0 N–H and O–H groups in total. The maximum Gasteiger partial charge on any atom is 0.523 e. The lowest BCUT2D eigenvalue weighted by molar-refractivity contribution is -0.0540. The normalized spacial score (nSPS) is 20.7. The predicted molar refractivity (Wildman–Crippen MR) is 86.5 cm³/mol. The average Bonchev–Trinajstić information content (AvgIpc) is 3.01. The SMILES string of the molecule is Cc1cc2c(s1)C(CCOS(=O)(=O)C(F)(F)F)=C1SC(C)C=C12. The molecule has 9 heteroatoms. The number of rotatable bonds is 4. The third-order valence-electron chi connectivity index (χ3n) is 3.52. The van der Waals surface area contributed by atoms with Gasteiger partial charge in [-0.1, -0.05) is 6.08 Å². The molecule has 2 aliphatic rings. The van der Waals surface area contributed by atoms with E-state index < -0.39 is 22.2 Å². The number of fused-ring (bicyclic) bond motifs is 3. The number of alkyl halides is 3. The smallest absolute Gasteiger partial charge is 0.263 e. The van der Waals surface area contributed by atoms with Crippen molar-refractivity contribution in [2.75, 3.05) is 6.61 Å². The van der Waals surface area contributed by atoms with Crippen molar-refractivity contribution in [3.63, 3.8) is 0 Å². The second kappa shape index (κ2) is 5.65. The molecule has 1 aromatic rings. The van der Waals surface area contributed by atoms with Crippen LogP contribution in [0.15, 0.2) is 17.0 Å². The van der Waals surface area contributed by atoms with Gasteiger partial charge in [-0.2, -0.15) is 21.6 Å². The minimum absolute atomic E-state index is 0.134. The highest BCUT2D eigenvalue weighted by molar-refractivity contribution is 8.05. The Morgan fingerprint density at radius 1 is 1.35 bits per heavy atom. The zero-order chi connectivity index (χ0) is 17.0. The lowest BCUT2D eigenvalue weighted by Crippen LogP contribution is -2.25. The van der Waals surface area contributed by atoms with E-state index in [4.69, 9.17) is 0 Å². The number of thioether (sulfide) groups is 1. The number of halogens is 3. The van der Waals surface area contributed by atoms with Crippen LogP contribution in [-0.4, -0.2) is 25.8 Å². The Balaban J connectivity index is 1.82. The lowest BCUT2D eigenvalue weighted by atomic mass is 10.1. The Bertz CT molecular complexity index is 816. The number of thiophene rings is 1. The topological polar surface area (TPSA) is 43.4 Å². The van der Waals surface area contributed by atoms with Gasteiger partial charge in [-0.25, -0.2) is 0 Å². The lowest BCUT2D eigenvalue weighted by Gasteiger charge is -2.10. The van der Waals surface area contributed by atoms with E-state index in [1.165, 1.54) is 0 Å². The first kappa shape index (κ1) is 17.1. The van der Waals surface area contributed by atoms with Crippen molar-refractivity contribution in [1.82, 2.24) is 0 Å². The van der Waals surface area contributed by atoms with E-state index in [-0.39, 0.29) is 6.42 Å². The average molecular weight is 382 g/mol. The van der Waals surface area contributed by atoms with E-state index in [0.717, 1.165) is 31.4 Å². The van der Waals surface area contributed by atoms with E-state index in [1.807, 2.05) is 13.8 Å². The van der Waals surface area contributed by atoms with Crippen molar-refractivity contribution >= 4 is 44.4 Å². The molecule has 126 valence electrons. The van der Waals surface area contributed by atoms with Crippen LogP contribution in [0.4, 0.5) is 13.2 Å². The fraction of sp³-hybridized carbons (Fsp3) is 0.429. The summed E-state index contributed by atoms with van der Waals surface area (Å²) in [6.45, 7) is 3.50. The first-order valence-corrected chi connectivity index (χ1v) is 9.89. The van der Waals surface area contributed by atoms with Crippen LogP contribution in [0.25, 0.3) is 11.1 Å². The maximum absolute atomic E-state index is 12.3. The number of hydrogen-bond acceptors (Lipinski definition) is 5. The van der Waals surface area contributed by atoms with Gasteiger partial charge in [0.15, 0.2) is 0 Å². The van der Waals surface area contributed by atoms with E-state index in [0.29, 0.717) is 5.25 Å². The van der Waals surface area contributed by atoms with Crippen LogP contribution < -0.4 is 0 Å². The van der Waals surface area contributed by atoms with Gasteiger partial charge in [0.2, 0.25) is 0 Å². The molecule has 0 radical (unpaired) electrons. The van der Waals surface area contributed by atoms with E-state index in [9.17, 15) is 21.6 Å². The molecule has 0 fully saturated rings. The standard InChI is InChI=1S/C14H13F3O3S3/c1-7-5-10-11-6-8(2)22-13(11)9(12(10)21-7)3-4-20-23(18,19)14(15,16)17/h5-7H,3-4H2,1-2H3. The molecule has 3 rings (SSSR count). The second-order valence-electron chi connectivity index (χ2n) is 5.28. The summed E-state index contributed by atoms with van der Waals surface area (Å²) in [5, 5.41) is 0.295. The molecule has 1 aromatic heterocycles. The largest absolute Gasteiger partial charge is 0.523 e. The predicted octanol–water partition coefficient (Wildman–Crippen LogP) is 4.56. The summed E-state index contributed by atoms with van der Waals surface area (Å²) in [5.41, 5.74) is -2.30. The quantitative estimate of drug-likeness (QED) is 0.566. The number of hydrogen-bond donors (Lipinski definition) is 0. The van der Waals surface area contributed by atoms with Gasteiger partial charge in [0.1, 0.15) is 0 Å². The summed E-state index contributed by atoms with van der Waals surface area (Å²) in [6, 6.07) is 2.06. The van der Waals surface area contributed by atoms with Gasteiger partial charge in [0.25, 0.3) is 0 Å². The summed E-state index contributed by atoms with van der Waals surface area (Å²) < 4.78 is 63.0. The van der Waals surface area contributed by atoms with Crippen molar-refractivity contribution in [3.05, 3.63) is 32.4 Å². The summed E-state index contributed by atoms with van der Waals surface area (Å²) in [7, 11) is -5.54. The van der Waals surface area contributed by atoms with Crippen molar-refractivity contribution in [3.8, 4) is 0 Å². The molecular weight excluding hydrogens is 369 g/mol. The highest BCUT2D eigenvalue weighted by atomic mass is 32.2. The zero-order valence-electron chi connectivity index (χ0n) is 12.2. The van der Waals surface area contributed by atoms with Crippen LogP contribution in [0.5, 0.6) is 0 Å². The molecule has 3 nitrogen and oxygen atoms in total. The third-order valence-corrected chi connectivity index (χ3v) is 6.88. The van der Waals surface area contributed by atoms with Crippen LogP contribution in [-0.2, 0) is 14.3 Å². The summed E-state index contributed by atoms with van der Waals surface area (Å²) in [6.07, 6.45) is 2.26. The summed E-state index contributed by atoms with van der Waals surface area (Å²) in [4.78, 5) is 3.16. The molecule has 0 saturated carbocycles. The fourth-order valence-corrected chi connectivity index (χ4v) is 5.46. The minimum atomic E-state index is -5.54. The minimum Gasteiger partial charge on any atom is -0.263 e. The number of aryl methyl sites for hydroxylation is 1. The van der Waals surface area contributed by atoms with Gasteiger partial charge < -0.3 is 0 Å². The molecule has 0 spiro atoms. The van der Waals surface area contributed by atoms with Crippen molar-refractivity contribution in [2.45, 2.75) is 31.0 Å². The summed E-state index contributed by atoms with van der Waals surface area (Å²) >= 11 is 3.21. The molecule has 0 amide bonds. The van der Waals surface area contributed by atoms with Crippen LogP contribution >= 0.6 is 23.1 Å². The maximum atomic E-state index is 12.3. The highest BCUT2D eigenvalue weighted by Crippen LogP contribution is 2.55.